The van der Waals surface area contributed by atoms with Crippen molar-refractivity contribution in [1.82, 2.24) is 9.97 Å². The van der Waals surface area contributed by atoms with Crippen LogP contribution < -0.4 is 0 Å². The van der Waals surface area contributed by atoms with E-state index in [9.17, 15) is 0 Å². The first-order valence-corrected chi connectivity index (χ1v) is 4.75. The molecule has 0 radical (unpaired) electrons. The Morgan fingerprint density at radius 2 is 2.31 bits per heavy atom. The fourth-order valence-corrected chi connectivity index (χ4v) is 1.70. The summed E-state index contributed by atoms with van der Waals surface area (Å²) in [6, 6.07) is 4.20. The van der Waals surface area contributed by atoms with Crippen molar-refractivity contribution in [1.29, 1.82) is 0 Å². The number of rotatable bonds is 2. The van der Waals surface area contributed by atoms with E-state index < -0.39 is 0 Å². The van der Waals surface area contributed by atoms with Gasteiger partial charge in [0, 0.05) is 28.5 Å². The molecule has 0 unspecified atom stereocenters. The van der Waals surface area contributed by atoms with Crippen molar-refractivity contribution in [2.75, 3.05) is 0 Å². The summed E-state index contributed by atoms with van der Waals surface area (Å²) in [5.74, 6) is 0. The first-order valence-electron chi connectivity index (χ1n) is 4.75. The van der Waals surface area contributed by atoms with Crippen LogP contribution in [0, 0.1) is 6.92 Å². The maximum atomic E-state index is 4.54. The molecular formula is C11H14N2. The normalized spacial score (nSPS) is 10.9. The second-order valence-corrected chi connectivity index (χ2v) is 3.40. The molecule has 2 nitrogen and oxygen atoms in total. The van der Waals surface area contributed by atoms with Crippen molar-refractivity contribution < 1.29 is 0 Å². The van der Waals surface area contributed by atoms with E-state index in [0.717, 1.165) is 18.5 Å². The number of hydrogen-bond donors (Lipinski definition) is 1. The van der Waals surface area contributed by atoms with Gasteiger partial charge in [0.25, 0.3) is 0 Å². The second-order valence-electron chi connectivity index (χ2n) is 3.40. The Morgan fingerprint density at radius 1 is 1.46 bits per heavy atom. The highest BCUT2D eigenvalue weighted by Gasteiger charge is 2.03. The van der Waals surface area contributed by atoms with Gasteiger partial charge in [-0.1, -0.05) is 13.3 Å². The SMILES string of the molecule is CCCc1nc(C)cc2[nH]ccc12. The first-order chi connectivity index (χ1) is 6.31. The van der Waals surface area contributed by atoms with Crippen molar-refractivity contribution in [3.63, 3.8) is 0 Å². The quantitative estimate of drug-likeness (QED) is 0.745. The predicted octanol–water partition coefficient (Wildman–Crippen LogP) is 2.82. The Bertz CT molecular complexity index is 415. The third kappa shape index (κ3) is 1.44. The van der Waals surface area contributed by atoms with Crippen molar-refractivity contribution in [2.45, 2.75) is 26.7 Å². The number of nitrogens with one attached hydrogen (secondary N) is 1. The highest BCUT2D eigenvalue weighted by Crippen LogP contribution is 2.17. The number of aromatic amines is 1. The van der Waals surface area contributed by atoms with Crippen LogP contribution in [0.25, 0.3) is 10.9 Å². The fraction of sp³-hybridized carbons (Fsp3) is 0.364. The minimum Gasteiger partial charge on any atom is -0.361 e. The van der Waals surface area contributed by atoms with E-state index in [4.69, 9.17) is 0 Å². The van der Waals surface area contributed by atoms with Gasteiger partial charge in [0.2, 0.25) is 0 Å². The van der Waals surface area contributed by atoms with Gasteiger partial charge in [-0.05, 0) is 25.5 Å². The van der Waals surface area contributed by atoms with E-state index >= 15 is 0 Å². The zero-order valence-corrected chi connectivity index (χ0v) is 8.09. The molecular weight excluding hydrogens is 160 g/mol. The zero-order valence-electron chi connectivity index (χ0n) is 8.09. The topological polar surface area (TPSA) is 28.7 Å². The molecule has 13 heavy (non-hydrogen) atoms. The minimum atomic E-state index is 1.07. The van der Waals surface area contributed by atoms with E-state index in [-0.39, 0.29) is 0 Å². The van der Waals surface area contributed by atoms with Crippen LogP contribution in [0.2, 0.25) is 0 Å². The van der Waals surface area contributed by atoms with Gasteiger partial charge in [0.05, 0.1) is 0 Å². The standard InChI is InChI=1S/C11H14N2/c1-3-4-10-9-5-6-12-11(9)7-8(2)13-10/h5-7,12H,3-4H2,1-2H3. The monoisotopic (exact) mass is 174 g/mol. The molecule has 1 N–H and O–H groups in total. The molecule has 0 atom stereocenters. The Balaban J connectivity index is 2.63. The number of hydrogen-bond acceptors (Lipinski definition) is 1. The first kappa shape index (κ1) is 8.30. The average molecular weight is 174 g/mol. The van der Waals surface area contributed by atoms with Gasteiger partial charge in [-0.15, -0.1) is 0 Å². The van der Waals surface area contributed by atoms with Crippen molar-refractivity contribution in [2.24, 2.45) is 0 Å². The smallest absolute Gasteiger partial charge is 0.0500 e. The lowest BCUT2D eigenvalue weighted by molar-refractivity contribution is 0.886. The van der Waals surface area contributed by atoms with E-state index in [1.165, 1.54) is 16.6 Å². The number of nitrogens with zero attached hydrogens (tertiary/aromatic N) is 1. The van der Waals surface area contributed by atoms with Crippen LogP contribution in [0.3, 0.4) is 0 Å². The molecule has 2 aromatic rings. The van der Waals surface area contributed by atoms with Gasteiger partial charge in [0.15, 0.2) is 0 Å². The Morgan fingerprint density at radius 3 is 3.08 bits per heavy atom. The Hall–Kier alpha value is -1.31. The molecule has 0 aliphatic heterocycles. The lowest BCUT2D eigenvalue weighted by Gasteiger charge is -2.01. The van der Waals surface area contributed by atoms with Crippen LogP contribution in [0.15, 0.2) is 18.3 Å². The van der Waals surface area contributed by atoms with Crippen LogP contribution in [0.4, 0.5) is 0 Å². The number of aromatic nitrogens is 2. The highest BCUT2D eigenvalue weighted by molar-refractivity contribution is 5.81. The van der Waals surface area contributed by atoms with E-state index in [2.05, 4.69) is 29.0 Å². The molecule has 0 aromatic carbocycles. The lowest BCUT2D eigenvalue weighted by atomic mass is 10.1. The summed E-state index contributed by atoms with van der Waals surface area (Å²) < 4.78 is 0. The molecule has 0 spiro atoms. The molecule has 0 saturated heterocycles. The predicted molar refractivity (Wildman–Crippen MR) is 54.8 cm³/mol. The van der Waals surface area contributed by atoms with Gasteiger partial charge >= 0.3 is 0 Å². The molecule has 0 amide bonds. The molecule has 2 aromatic heterocycles. The van der Waals surface area contributed by atoms with Gasteiger partial charge in [-0.3, -0.25) is 4.98 Å². The van der Waals surface area contributed by atoms with Crippen molar-refractivity contribution >= 4 is 10.9 Å². The minimum absolute atomic E-state index is 1.07. The number of aryl methyl sites for hydroxylation is 2. The van der Waals surface area contributed by atoms with E-state index in [1.54, 1.807) is 0 Å². The molecule has 0 aliphatic rings. The molecule has 68 valence electrons. The van der Waals surface area contributed by atoms with Crippen LogP contribution in [0.1, 0.15) is 24.7 Å². The Kier molecular flexibility index (Phi) is 2.05. The summed E-state index contributed by atoms with van der Waals surface area (Å²) >= 11 is 0. The molecule has 2 heterocycles. The van der Waals surface area contributed by atoms with Crippen molar-refractivity contribution in [3.05, 3.63) is 29.7 Å². The molecule has 0 saturated carbocycles. The summed E-state index contributed by atoms with van der Waals surface area (Å²) in [5, 5.41) is 1.27. The molecule has 2 rings (SSSR count). The molecule has 2 heteroatoms. The highest BCUT2D eigenvalue weighted by atomic mass is 14.7. The van der Waals surface area contributed by atoms with Gasteiger partial charge in [0.1, 0.15) is 0 Å². The molecule has 0 fully saturated rings. The third-order valence-corrected chi connectivity index (χ3v) is 2.24. The fourth-order valence-electron chi connectivity index (χ4n) is 1.70. The summed E-state index contributed by atoms with van der Waals surface area (Å²) in [6.07, 6.45) is 4.19. The number of pyridine rings is 1. The van der Waals surface area contributed by atoms with Crippen LogP contribution in [0.5, 0.6) is 0 Å². The van der Waals surface area contributed by atoms with Crippen LogP contribution in [-0.4, -0.2) is 9.97 Å². The van der Waals surface area contributed by atoms with Crippen molar-refractivity contribution in [3.8, 4) is 0 Å². The maximum Gasteiger partial charge on any atom is 0.0500 e. The lowest BCUT2D eigenvalue weighted by Crippen LogP contribution is -1.92. The summed E-state index contributed by atoms with van der Waals surface area (Å²) in [4.78, 5) is 7.76. The maximum absolute atomic E-state index is 4.54. The molecule has 0 aliphatic carbocycles. The van der Waals surface area contributed by atoms with Crippen LogP contribution >= 0.6 is 0 Å². The summed E-state index contributed by atoms with van der Waals surface area (Å²) in [6.45, 7) is 4.22. The Labute approximate surface area is 78.0 Å². The summed E-state index contributed by atoms with van der Waals surface area (Å²) in [7, 11) is 0. The van der Waals surface area contributed by atoms with Gasteiger partial charge in [-0.25, -0.2) is 0 Å². The molecule has 0 bridgehead atoms. The summed E-state index contributed by atoms with van der Waals surface area (Å²) in [5.41, 5.74) is 3.52. The third-order valence-electron chi connectivity index (χ3n) is 2.24. The van der Waals surface area contributed by atoms with Gasteiger partial charge in [-0.2, -0.15) is 0 Å². The second kappa shape index (κ2) is 3.21. The van der Waals surface area contributed by atoms with Gasteiger partial charge < -0.3 is 4.98 Å². The largest absolute Gasteiger partial charge is 0.361 e. The number of H-pyrrole nitrogens is 1. The number of fused-ring (bicyclic) bond motifs is 1. The zero-order chi connectivity index (χ0) is 9.26. The average Bonchev–Trinajstić information content (AvgIpc) is 2.52. The van der Waals surface area contributed by atoms with Crippen LogP contribution in [-0.2, 0) is 6.42 Å². The van der Waals surface area contributed by atoms with E-state index in [0.29, 0.717) is 0 Å². The van der Waals surface area contributed by atoms with E-state index in [1.807, 2.05) is 13.1 Å².